The fourth-order valence-electron chi connectivity index (χ4n) is 1.92. The summed E-state index contributed by atoms with van der Waals surface area (Å²) in [5, 5.41) is 2.58. The van der Waals surface area contributed by atoms with Crippen LogP contribution in [0.3, 0.4) is 0 Å². The van der Waals surface area contributed by atoms with Gasteiger partial charge in [-0.1, -0.05) is 26.8 Å². The molecule has 0 aliphatic heterocycles. The minimum atomic E-state index is -2.95. The molecule has 140 valence electrons. The van der Waals surface area contributed by atoms with Crippen molar-refractivity contribution in [2.75, 3.05) is 20.7 Å². The molecule has 0 atom stereocenters. The first-order chi connectivity index (χ1) is 11.5. The summed E-state index contributed by atoms with van der Waals surface area (Å²) < 4.78 is 34.0. The lowest BCUT2D eigenvalue weighted by Gasteiger charge is -2.21. The average Bonchev–Trinajstić information content (AvgIpc) is 2.52. The number of methoxy groups -OCH3 is 1. The molecule has 0 bridgehead atoms. The molecule has 2 amide bonds. The maximum atomic E-state index is 12.3. The van der Waals surface area contributed by atoms with Crippen molar-refractivity contribution < 1.29 is 27.8 Å². The first-order valence-corrected chi connectivity index (χ1v) is 7.68. The topological polar surface area (TPSA) is 67.9 Å². The van der Waals surface area contributed by atoms with Crippen LogP contribution in [0.15, 0.2) is 18.2 Å². The summed E-state index contributed by atoms with van der Waals surface area (Å²) in [5.41, 5.74) is 0.101. The van der Waals surface area contributed by atoms with Gasteiger partial charge in [-0.25, -0.2) is 0 Å². The van der Waals surface area contributed by atoms with E-state index in [4.69, 9.17) is 4.74 Å². The van der Waals surface area contributed by atoms with Crippen molar-refractivity contribution in [3.05, 3.63) is 23.8 Å². The third kappa shape index (κ3) is 6.56. The van der Waals surface area contributed by atoms with Crippen LogP contribution in [-0.4, -0.2) is 44.0 Å². The highest BCUT2D eigenvalue weighted by Gasteiger charge is 2.22. The Morgan fingerprint density at radius 1 is 1.24 bits per heavy atom. The van der Waals surface area contributed by atoms with E-state index in [0.29, 0.717) is 5.56 Å². The molecule has 8 heteroatoms. The molecule has 0 heterocycles. The summed E-state index contributed by atoms with van der Waals surface area (Å²) in [6, 6.07) is 4.45. The molecule has 25 heavy (non-hydrogen) atoms. The molecule has 0 saturated heterocycles. The van der Waals surface area contributed by atoms with E-state index in [0.717, 1.165) is 0 Å². The van der Waals surface area contributed by atoms with Crippen molar-refractivity contribution in [3.63, 3.8) is 0 Å². The Bertz CT molecular complexity index is 615. The van der Waals surface area contributed by atoms with Crippen LogP contribution in [0, 0.1) is 5.41 Å². The van der Waals surface area contributed by atoms with Crippen LogP contribution in [0.1, 0.15) is 26.3 Å². The van der Waals surface area contributed by atoms with Crippen LogP contribution >= 0.6 is 0 Å². The monoisotopic (exact) mass is 358 g/mol. The second-order valence-corrected chi connectivity index (χ2v) is 6.55. The molecule has 0 spiro atoms. The molecule has 0 radical (unpaired) electrons. The van der Waals surface area contributed by atoms with Gasteiger partial charge < -0.3 is 19.7 Å². The summed E-state index contributed by atoms with van der Waals surface area (Å²) >= 11 is 0. The van der Waals surface area contributed by atoms with Gasteiger partial charge >= 0.3 is 6.61 Å². The number of nitrogens with zero attached hydrogens (tertiary/aromatic N) is 1. The number of carbonyl (C=O) groups is 2. The zero-order valence-electron chi connectivity index (χ0n) is 15.1. The number of ether oxygens (including phenoxy) is 2. The van der Waals surface area contributed by atoms with Crippen LogP contribution < -0.4 is 14.8 Å². The molecule has 6 nitrogen and oxygen atoms in total. The third-order valence-corrected chi connectivity index (χ3v) is 3.37. The van der Waals surface area contributed by atoms with Gasteiger partial charge in [-0.05, 0) is 17.7 Å². The lowest BCUT2D eigenvalue weighted by molar-refractivity contribution is -0.134. The molecule has 1 N–H and O–H groups in total. The summed E-state index contributed by atoms with van der Waals surface area (Å²) in [5.74, 6) is -0.416. The van der Waals surface area contributed by atoms with Gasteiger partial charge in [-0.3, -0.25) is 9.59 Å². The molecule has 0 saturated carbocycles. The predicted molar refractivity (Wildman–Crippen MR) is 88.6 cm³/mol. The zero-order valence-corrected chi connectivity index (χ0v) is 15.1. The third-order valence-electron chi connectivity index (χ3n) is 3.37. The first kappa shape index (κ1) is 20.7. The Hall–Kier alpha value is -2.38. The van der Waals surface area contributed by atoms with E-state index in [1.165, 1.54) is 24.1 Å². The molecular weight excluding hydrogens is 334 g/mol. The lowest BCUT2D eigenvalue weighted by atomic mass is 9.96. The largest absolute Gasteiger partial charge is 0.493 e. The maximum absolute atomic E-state index is 12.3. The number of halogens is 2. The number of amides is 2. The average molecular weight is 358 g/mol. The number of hydrogen-bond acceptors (Lipinski definition) is 4. The van der Waals surface area contributed by atoms with Crippen molar-refractivity contribution in [2.24, 2.45) is 5.41 Å². The van der Waals surface area contributed by atoms with E-state index in [-0.39, 0.29) is 36.4 Å². The van der Waals surface area contributed by atoms with Gasteiger partial charge in [0, 0.05) is 19.0 Å². The number of likely N-dealkylation sites (N-methyl/N-ethyl adjacent to an activating group) is 1. The second-order valence-electron chi connectivity index (χ2n) is 6.55. The van der Waals surface area contributed by atoms with E-state index >= 15 is 0 Å². The molecule has 0 fully saturated rings. The maximum Gasteiger partial charge on any atom is 0.387 e. The highest BCUT2D eigenvalue weighted by Crippen LogP contribution is 2.29. The fourth-order valence-corrected chi connectivity index (χ4v) is 1.92. The van der Waals surface area contributed by atoms with Gasteiger partial charge in [0.15, 0.2) is 11.5 Å². The molecule has 0 aliphatic rings. The number of hydrogen-bond donors (Lipinski definition) is 1. The van der Waals surface area contributed by atoms with Crippen molar-refractivity contribution in [1.82, 2.24) is 10.2 Å². The van der Waals surface area contributed by atoms with E-state index in [1.807, 2.05) is 0 Å². The van der Waals surface area contributed by atoms with Gasteiger partial charge in [0.05, 0.1) is 13.7 Å². The van der Waals surface area contributed by atoms with E-state index < -0.39 is 12.0 Å². The van der Waals surface area contributed by atoms with E-state index in [1.54, 1.807) is 33.9 Å². The highest BCUT2D eigenvalue weighted by molar-refractivity contribution is 5.87. The summed E-state index contributed by atoms with van der Waals surface area (Å²) in [7, 11) is 2.93. The molecule has 0 unspecified atom stereocenters. The smallest absolute Gasteiger partial charge is 0.387 e. The molecule has 1 aromatic carbocycles. The van der Waals surface area contributed by atoms with Crippen molar-refractivity contribution in [3.8, 4) is 11.5 Å². The summed E-state index contributed by atoms with van der Waals surface area (Å²) in [6.07, 6.45) is 0. The Morgan fingerprint density at radius 2 is 1.88 bits per heavy atom. The molecule has 0 aromatic heterocycles. The second kappa shape index (κ2) is 8.64. The highest BCUT2D eigenvalue weighted by atomic mass is 19.3. The van der Waals surface area contributed by atoms with E-state index in [9.17, 15) is 18.4 Å². The Morgan fingerprint density at radius 3 is 2.40 bits per heavy atom. The van der Waals surface area contributed by atoms with Crippen LogP contribution in [-0.2, 0) is 16.1 Å². The normalized spacial score (nSPS) is 11.2. The van der Waals surface area contributed by atoms with Crippen LogP contribution in [0.4, 0.5) is 8.78 Å². The Kier molecular flexibility index (Phi) is 7.14. The first-order valence-electron chi connectivity index (χ1n) is 7.68. The zero-order chi connectivity index (χ0) is 19.2. The van der Waals surface area contributed by atoms with Crippen molar-refractivity contribution in [2.45, 2.75) is 33.9 Å². The summed E-state index contributed by atoms with van der Waals surface area (Å²) in [4.78, 5) is 25.3. The van der Waals surface area contributed by atoms with E-state index in [2.05, 4.69) is 10.1 Å². The fraction of sp³-hybridized carbons (Fsp3) is 0.529. The minimum Gasteiger partial charge on any atom is -0.493 e. The van der Waals surface area contributed by atoms with Crippen molar-refractivity contribution >= 4 is 11.8 Å². The summed E-state index contributed by atoms with van der Waals surface area (Å²) in [6.45, 7) is 2.44. The molecule has 1 aromatic rings. The number of nitrogens with one attached hydrogen (secondary N) is 1. The van der Waals surface area contributed by atoms with Crippen LogP contribution in [0.5, 0.6) is 11.5 Å². The Balaban J connectivity index is 2.68. The number of carbonyl (C=O) groups excluding carboxylic acids is 2. The molecule has 0 aliphatic carbocycles. The van der Waals surface area contributed by atoms with Gasteiger partial charge in [0.1, 0.15) is 0 Å². The lowest BCUT2D eigenvalue weighted by Crippen LogP contribution is -2.42. The van der Waals surface area contributed by atoms with Crippen LogP contribution in [0.25, 0.3) is 0 Å². The van der Waals surface area contributed by atoms with Gasteiger partial charge in [-0.2, -0.15) is 8.78 Å². The molecular formula is C17H24F2N2O4. The van der Waals surface area contributed by atoms with Gasteiger partial charge in [0.25, 0.3) is 0 Å². The van der Waals surface area contributed by atoms with Crippen LogP contribution in [0.2, 0.25) is 0 Å². The van der Waals surface area contributed by atoms with Gasteiger partial charge in [0.2, 0.25) is 11.8 Å². The van der Waals surface area contributed by atoms with Gasteiger partial charge in [-0.15, -0.1) is 0 Å². The SMILES string of the molecule is COc1cc(CN(C)C(=O)CNC(=O)C(C)(C)C)ccc1OC(F)F. The quantitative estimate of drug-likeness (QED) is 0.813. The standard InChI is InChI=1S/C17H24F2N2O4/c1-17(2,3)15(23)20-9-14(22)21(4)10-11-6-7-12(25-16(18)19)13(8-11)24-5/h6-8,16H,9-10H2,1-5H3,(H,20,23). The number of rotatable bonds is 7. The van der Waals surface area contributed by atoms with Crippen molar-refractivity contribution in [1.29, 1.82) is 0 Å². The predicted octanol–water partition coefficient (Wildman–Crippen LogP) is 2.42. The molecule has 1 rings (SSSR count). The Labute approximate surface area is 146 Å². The number of alkyl halides is 2. The number of benzene rings is 1. The minimum absolute atomic E-state index is 0.0762.